The molecule has 0 bridgehead atoms. The first-order chi connectivity index (χ1) is 10.8. The number of nitrogens with one attached hydrogen (secondary N) is 1. The molecular formula is C19H15N3. The van der Waals surface area contributed by atoms with Gasteiger partial charge < -0.3 is 4.98 Å². The van der Waals surface area contributed by atoms with Gasteiger partial charge >= 0.3 is 0 Å². The Morgan fingerprint density at radius 2 is 1.59 bits per heavy atom. The van der Waals surface area contributed by atoms with Gasteiger partial charge in [-0.1, -0.05) is 42.5 Å². The molecule has 0 aliphatic rings. The first-order valence-corrected chi connectivity index (χ1v) is 7.28. The summed E-state index contributed by atoms with van der Waals surface area (Å²) >= 11 is 0. The molecule has 22 heavy (non-hydrogen) atoms. The van der Waals surface area contributed by atoms with Crippen molar-refractivity contribution in [1.82, 2.24) is 15.0 Å². The van der Waals surface area contributed by atoms with E-state index in [0.29, 0.717) is 0 Å². The molecule has 3 nitrogen and oxygen atoms in total. The second kappa shape index (κ2) is 5.11. The number of H-pyrrole nitrogens is 1. The smallest absolute Gasteiger partial charge is 0.138 e. The standard InChI is InChI=1S/C19H15N3/c1-13-5-4-12-20-18(13)14-8-10-15(11-9-14)19-21-16-6-2-3-7-17(16)22-19/h2-12H,1H3,(H,21,22). The Kier molecular flexibility index (Phi) is 2.97. The summed E-state index contributed by atoms with van der Waals surface area (Å²) < 4.78 is 0. The summed E-state index contributed by atoms with van der Waals surface area (Å²) in [6, 6.07) is 20.5. The number of hydrogen-bond acceptors (Lipinski definition) is 2. The van der Waals surface area contributed by atoms with Crippen molar-refractivity contribution in [2.45, 2.75) is 6.92 Å². The quantitative estimate of drug-likeness (QED) is 0.584. The zero-order valence-electron chi connectivity index (χ0n) is 12.2. The third kappa shape index (κ3) is 2.17. The Morgan fingerprint density at radius 1 is 0.818 bits per heavy atom. The van der Waals surface area contributed by atoms with Crippen LogP contribution in [0.15, 0.2) is 66.9 Å². The average Bonchev–Trinajstić information content (AvgIpc) is 2.99. The molecule has 0 unspecified atom stereocenters. The third-order valence-electron chi connectivity index (χ3n) is 3.83. The summed E-state index contributed by atoms with van der Waals surface area (Å²) in [5.41, 5.74) is 6.45. The first kappa shape index (κ1) is 12.8. The van der Waals surface area contributed by atoms with Crippen molar-refractivity contribution in [2.75, 3.05) is 0 Å². The summed E-state index contributed by atoms with van der Waals surface area (Å²) in [5, 5.41) is 0. The Labute approximate surface area is 128 Å². The summed E-state index contributed by atoms with van der Waals surface area (Å²) in [4.78, 5) is 12.4. The number of aromatic amines is 1. The fourth-order valence-corrected chi connectivity index (χ4v) is 2.66. The van der Waals surface area contributed by atoms with Crippen LogP contribution in [0.5, 0.6) is 0 Å². The maximum atomic E-state index is 4.63. The number of pyridine rings is 1. The number of nitrogens with zero attached hydrogens (tertiary/aromatic N) is 2. The highest BCUT2D eigenvalue weighted by atomic mass is 14.9. The molecule has 0 amide bonds. The van der Waals surface area contributed by atoms with Crippen molar-refractivity contribution in [2.24, 2.45) is 0 Å². The van der Waals surface area contributed by atoms with Crippen LogP contribution in [0, 0.1) is 6.92 Å². The maximum absolute atomic E-state index is 4.63. The fraction of sp³-hybridized carbons (Fsp3) is 0.0526. The molecule has 3 heteroatoms. The van der Waals surface area contributed by atoms with Gasteiger partial charge in [-0.25, -0.2) is 4.98 Å². The van der Waals surface area contributed by atoms with Crippen molar-refractivity contribution in [1.29, 1.82) is 0 Å². The van der Waals surface area contributed by atoms with Crippen LogP contribution < -0.4 is 0 Å². The lowest BCUT2D eigenvalue weighted by molar-refractivity contribution is 1.27. The molecule has 0 saturated carbocycles. The lowest BCUT2D eigenvalue weighted by atomic mass is 10.0. The molecule has 106 valence electrons. The van der Waals surface area contributed by atoms with E-state index < -0.39 is 0 Å². The lowest BCUT2D eigenvalue weighted by Crippen LogP contribution is -1.87. The van der Waals surface area contributed by atoms with E-state index in [0.717, 1.165) is 33.7 Å². The van der Waals surface area contributed by atoms with E-state index in [1.807, 2.05) is 36.5 Å². The van der Waals surface area contributed by atoms with E-state index in [1.165, 1.54) is 5.56 Å². The van der Waals surface area contributed by atoms with Gasteiger partial charge in [0.05, 0.1) is 16.7 Å². The Bertz CT molecular complexity index is 903. The first-order valence-electron chi connectivity index (χ1n) is 7.28. The average molecular weight is 285 g/mol. The number of fused-ring (bicyclic) bond motifs is 1. The second-order valence-electron chi connectivity index (χ2n) is 5.35. The highest BCUT2D eigenvalue weighted by molar-refractivity contribution is 5.79. The molecule has 0 spiro atoms. The summed E-state index contributed by atoms with van der Waals surface area (Å²) in [6.07, 6.45) is 1.83. The largest absolute Gasteiger partial charge is 0.338 e. The van der Waals surface area contributed by atoms with Crippen molar-refractivity contribution in [3.8, 4) is 22.6 Å². The lowest BCUT2D eigenvalue weighted by Gasteiger charge is -2.05. The summed E-state index contributed by atoms with van der Waals surface area (Å²) in [7, 11) is 0. The predicted molar refractivity (Wildman–Crippen MR) is 89.5 cm³/mol. The van der Waals surface area contributed by atoms with Crippen molar-refractivity contribution in [3.05, 3.63) is 72.4 Å². The van der Waals surface area contributed by atoms with Gasteiger partial charge in [-0.05, 0) is 30.7 Å². The Balaban J connectivity index is 1.74. The monoisotopic (exact) mass is 285 g/mol. The van der Waals surface area contributed by atoms with Gasteiger partial charge in [-0.3, -0.25) is 4.98 Å². The number of aryl methyl sites for hydroxylation is 1. The number of hydrogen-bond donors (Lipinski definition) is 1. The van der Waals surface area contributed by atoms with Gasteiger partial charge in [0.1, 0.15) is 5.82 Å². The van der Waals surface area contributed by atoms with Gasteiger partial charge in [0.25, 0.3) is 0 Å². The van der Waals surface area contributed by atoms with Crippen LogP contribution in [0.3, 0.4) is 0 Å². The van der Waals surface area contributed by atoms with Gasteiger partial charge in [0.15, 0.2) is 0 Å². The SMILES string of the molecule is Cc1cccnc1-c1ccc(-c2nc3ccccc3[nH]2)cc1. The van der Waals surface area contributed by atoms with Gasteiger partial charge in [-0.15, -0.1) is 0 Å². The van der Waals surface area contributed by atoms with Crippen LogP contribution in [0.1, 0.15) is 5.56 Å². The van der Waals surface area contributed by atoms with Crippen LogP contribution in [0.4, 0.5) is 0 Å². The molecule has 0 aliphatic heterocycles. The number of imidazole rings is 1. The van der Waals surface area contributed by atoms with E-state index >= 15 is 0 Å². The molecule has 2 aromatic carbocycles. The van der Waals surface area contributed by atoms with Crippen LogP contribution >= 0.6 is 0 Å². The minimum Gasteiger partial charge on any atom is -0.338 e. The molecule has 1 N–H and O–H groups in total. The molecule has 2 heterocycles. The van der Waals surface area contributed by atoms with Crippen LogP contribution in [0.2, 0.25) is 0 Å². The minimum atomic E-state index is 0.894. The molecule has 0 radical (unpaired) electrons. The highest BCUT2D eigenvalue weighted by Crippen LogP contribution is 2.25. The van der Waals surface area contributed by atoms with Crippen molar-refractivity contribution < 1.29 is 0 Å². The van der Waals surface area contributed by atoms with E-state index in [-0.39, 0.29) is 0 Å². The molecule has 0 saturated heterocycles. The molecule has 2 aromatic heterocycles. The number of para-hydroxylation sites is 2. The zero-order valence-corrected chi connectivity index (χ0v) is 12.2. The zero-order chi connectivity index (χ0) is 14.9. The fourth-order valence-electron chi connectivity index (χ4n) is 2.66. The number of rotatable bonds is 2. The van der Waals surface area contributed by atoms with Crippen molar-refractivity contribution >= 4 is 11.0 Å². The highest BCUT2D eigenvalue weighted by Gasteiger charge is 2.06. The minimum absolute atomic E-state index is 0.894. The van der Waals surface area contributed by atoms with Crippen LogP contribution in [-0.4, -0.2) is 15.0 Å². The normalized spacial score (nSPS) is 11.0. The van der Waals surface area contributed by atoms with Gasteiger partial charge in [-0.2, -0.15) is 0 Å². The molecule has 0 atom stereocenters. The molecule has 0 fully saturated rings. The molecule has 4 rings (SSSR count). The maximum Gasteiger partial charge on any atom is 0.138 e. The molecule has 0 aliphatic carbocycles. The predicted octanol–water partition coefficient (Wildman–Crippen LogP) is 4.60. The van der Waals surface area contributed by atoms with E-state index in [1.54, 1.807) is 0 Å². The number of aromatic nitrogens is 3. The Hall–Kier alpha value is -2.94. The topological polar surface area (TPSA) is 41.6 Å². The van der Waals surface area contributed by atoms with E-state index in [4.69, 9.17) is 0 Å². The van der Waals surface area contributed by atoms with E-state index in [9.17, 15) is 0 Å². The molecular weight excluding hydrogens is 270 g/mol. The van der Waals surface area contributed by atoms with Crippen LogP contribution in [-0.2, 0) is 0 Å². The summed E-state index contributed by atoms with van der Waals surface area (Å²) in [5.74, 6) is 0.894. The third-order valence-corrected chi connectivity index (χ3v) is 3.83. The Morgan fingerprint density at radius 3 is 2.36 bits per heavy atom. The van der Waals surface area contributed by atoms with Gasteiger partial charge in [0.2, 0.25) is 0 Å². The van der Waals surface area contributed by atoms with Crippen molar-refractivity contribution in [3.63, 3.8) is 0 Å². The second-order valence-corrected chi connectivity index (χ2v) is 5.35. The number of benzene rings is 2. The van der Waals surface area contributed by atoms with Gasteiger partial charge in [0, 0.05) is 17.3 Å². The van der Waals surface area contributed by atoms with Crippen LogP contribution in [0.25, 0.3) is 33.7 Å². The summed E-state index contributed by atoms with van der Waals surface area (Å²) in [6.45, 7) is 2.08. The van der Waals surface area contributed by atoms with E-state index in [2.05, 4.69) is 52.2 Å². The molecule has 4 aromatic rings.